The van der Waals surface area contributed by atoms with Gasteiger partial charge in [-0.3, -0.25) is 9.59 Å². The van der Waals surface area contributed by atoms with Crippen molar-refractivity contribution in [3.63, 3.8) is 0 Å². The van der Waals surface area contributed by atoms with Crippen molar-refractivity contribution >= 4 is 23.2 Å². The van der Waals surface area contributed by atoms with Crippen LogP contribution in [0.2, 0.25) is 0 Å². The number of carbonyl (C=O) groups excluding carboxylic acids is 2. The lowest BCUT2D eigenvalue weighted by Crippen LogP contribution is -2.30. The monoisotopic (exact) mass is 333 g/mol. The van der Waals surface area contributed by atoms with Crippen LogP contribution in [0.1, 0.15) is 25.7 Å². The smallest absolute Gasteiger partial charge is 0.253 e. The van der Waals surface area contributed by atoms with Crippen LogP contribution in [0, 0.1) is 0 Å². The van der Waals surface area contributed by atoms with E-state index < -0.39 is 6.10 Å². The van der Waals surface area contributed by atoms with E-state index in [0.717, 1.165) is 18.5 Å². The van der Waals surface area contributed by atoms with E-state index in [0.29, 0.717) is 37.4 Å². The summed E-state index contributed by atoms with van der Waals surface area (Å²) in [5.74, 6) is 0.477. The van der Waals surface area contributed by atoms with Gasteiger partial charge in [-0.15, -0.1) is 0 Å². The molecule has 0 spiro atoms. The Morgan fingerprint density at radius 1 is 1.46 bits per heavy atom. The number of nitrogens with zero attached hydrogens (tertiary/aromatic N) is 1. The Kier molecular flexibility index (Phi) is 5.01. The fraction of sp³-hybridized carbons (Fsp3) is 0.529. The molecule has 2 heterocycles. The van der Waals surface area contributed by atoms with Gasteiger partial charge in [-0.1, -0.05) is 0 Å². The number of benzene rings is 1. The molecule has 2 saturated heterocycles. The van der Waals surface area contributed by atoms with E-state index >= 15 is 0 Å². The van der Waals surface area contributed by atoms with Gasteiger partial charge in [0.1, 0.15) is 11.9 Å². The molecule has 2 amide bonds. The molecule has 0 bridgehead atoms. The average Bonchev–Trinajstić information content (AvgIpc) is 3.23. The van der Waals surface area contributed by atoms with Gasteiger partial charge in [0.05, 0.1) is 18.9 Å². The summed E-state index contributed by atoms with van der Waals surface area (Å²) >= 11 is 0. The number of anilines is 2. The number of amides is 2. The van der Waals surface area contributed by atoms with E-state index in [-0.39, 0.29) is 17.9 Å². The molecule has 2 atom stereocenters. The standard InChI is InChI=1S/C17H23N3O4/c1-23-15-9-11(4-6-13(15)20-8-2-3-16(20)21)19-17(22)14-7-5-12(10-18)24-14/h4,6,9,12,14H,2-3,5,7-8,10,18H2,1H3,(H,19,22)/t12-,14+/m1/s1. The van der Waals surface area contributed by atoms with Crippen molar-refractivity contribution in [2.45, 2.75) is 37.9 Å². The molecule has 130 valence electrons. The van der Waals surface area contributed by atoms with Gasteiger partial charge < -0.3 is 25.4 Å². The lowest BCUT2D eigenvalue weighted by Gasteiger charge is -2.20. The summed E-state index contributed by atoms with van der Waals surface area (Å²) in [7, 11) is 1.55. The van der Waals surface area contributed by atoms with Gasteiger partial charge in [-0.05, 0) is 31.4 Å². The van der Waals surface area contributed by atoms with Crippen LogP contribution in [0.5, 0.6) is 5.75 Å². The second kappa shape index (κ2) is 7.19. The third-order valence-corrected chi connectivity index (χ3v) is 4.47. The summed E-state index contributed by atoms with van der Waals surface area (Å²) in [6.07, 6.45) is 2.37. The molecule has 7 heteroatoms. The average molecular weight is 333 g/mol. The maximum Gasteiger partial charge on any atom is 0.253 e. The van der Waals surface area contributed by atoms with Gasteiger partial charge in [-0.25, -0.2) is 0 Å². The van der Waals surface area contributed by atoms with Crippen LogP contribution in [0.3, 0.4) is 0 Å². The third-order valence-electron chi connectivity index (χ3n) is 4.47. The molecule has 0 saturated carbocycles. The third kappa shape index (κ3) is 3.37. The predicted molar refractivity (Wildman–Crippen MR) is 90.2 cm³/mol. The molecule has 1 aromatic carbocycles. The van der Waals surface area contributed by atoms with Crippen molar-refractivity contribution < 1.29 is 19.1 Å². The van der Waals surface area contributed by atoms with Crippen molar-refractivity contribution in [2.75, 3.05) is 30.4 Å². The highest BCUT2D eigenvalue weighted by atomic mass is 16.5. The Morgan fingerprint density at radius 3 is 2.92 bits per heavy atom. The lowest BCUT2D eigenvalue weighted by molar-refractivity contribution is -0.126. The summed E-state index contributed by atoms with van der Waals surface area (Å²) in [6.45, 7) is 1.12. The SMILES string of the molecule is COc1cc(NC(=O)[C@@H]2CC[C@H](CN)O2)ccc1N1CCCC1=O. The zero-order valence-electron chi connectivity index (χ0n) is 13.8. The van der Waals surface area contributed by atoms with Crippen molar-refractivity contribution in [2.24, 2.45) is 5.73 Å². The van der Waals surface area contributed by atoms with E-state index in [4.69, 9.17) is 15.2 Å². The highest BCUT2D eigenvalue weighted by Crippen LogP contribution is 2.34. The number of hydrogen-bond acceptors (Lipinski definition) is 5. The van der Waals surface area contributed by atoms with Crippen LogP contribution in [-0.4, -0.2) is 44.2 Å². The van der Waals surface area contributed by atoms with E-state index in [9.17, 15) is 9.59 Å². The molecular formula is C17H23N3O4. The first-order chi connectivity index (χ1) is 11.6. The van der Waals surface area contributed by atoms with Crippen LogP contribution >= 0.6 is 0 Å². The molecule has 2 aliphatic heterocycles. The number of carbonyl (C=O) groups is 2. The minimum absolute atomic E-state index is 0.0427. The highest BCUT2D eigenvalue weighted by Gasteiger charge is 2.30. The molecule has 7 nitrogen and oxygen atoms in total. The van der Waals surface area contributed by atoms with E-state index in [1.54, 1.807) is 30.2 Å². The predicted octanol–water partition coefficient (Wildman–Crippen LogP) is 1.27. The van der Waals surface area contributed by atoms with Gasteiger partial charge in [0.2, 0.25) is 5.91 Å². The van der Waals surface area contributed by atoms with Gasteiger partial charge >= 0.3 is 0 Å². The Labute approximate surface area is 141 Å². The Hall–Kier alpha value is -2.12. The number of ether oxygens (including phenoxy) is 2. The molecule has 3 rings (SSSR count). The maximum absolute atomic E-state index is 12.3. The minimum Gasteiger partial charge on any atom is -0.494 e. The van der Waals surface area contributed by atoms with E-state index in [1.165, 1.54) is 0 Å². The number of nitrogens with two attached hydrogens (primary N) is 1. The van der Waals surface area contributed by atoms with E-state index in [2.05, 4.69) is 5.32 Å². The molecule has 0 aliphatic carbocycles. The Morgan fingerprint density at radius 2 is 2.29 bits per heavy atom. The van der Waals surface area contributed by atoms with Crippen molar-refractivity contribution in [3.05, 3.63) is 18.2 Å². The molecule has 0 aromatic heterocycles. The molecule has 24 heavy (non-hydrogen) atoms. The fourth-order valence-corrected chi connectivity index (χ4v) is 3.18. The van der Waals surface area contributed by atoms with Crippen molar-refractivity contribution in [1.29, 1.82) is 0 Å². The first-order valence-electron chi connectivity index (χ1n) is 8.27. The number of hydrogen-bond donors (Lipinski definition) is 2. The Bertz CT molecular complexity index is 634. The van der Waals surface area contributed by atoms with Crippen LogP contribution in [-0.2, 0) is 14.3 Å². The summed E-state index contributed by atoms with van der Waals surface area (Å²) in [5.41, 5.74) is 6.92. The van der Waals surface area contributed by atoms with Crippen molar-refractivity contribution in [3.8, 4) is 5.75 Å². The van der Waals surface area contributed by atoms with E-state index in [1.807, 2.05) is 0 Å². The van der Waals surface area contributed by atoms with Gasteiger partial charge in [0.15, 0.2) is 0 Å². The highest BCUT2D eigenvalue weighted by molar-refractivity contribution is 5.98. The summed E-state index contributed by atoms with van der Waals surface area (Å²) in [5, 5.41) is 2.84. The molecule has 1 aromatic rings. The number of rotatable bonds is 5. The summed E-state index contributed by atoms with van der Waals surface area (Å²) in [4.78, 5) is 25.9. The quantitative estimate of drug-likeness (QED) is 0.846. The molecule has 2 aliphatic rings. The van der Waals surface area contributed by atoms with Gasteiger partial charge in [0, 0.05) is 31.3 Å². The normalized spacial score (nSPS) is 23.6. The van der Waals surface area contributed by atoms with Crippen LogP contribution in [0.15, 0.2) is 18.2 Å². The second-order valence-corrected chi connectivity index (χ2v) is 6.08. The Balaban J connectivity index is 1.70. The van der Waals surface area contributed by atoms with Gasteiger partial charge in [0.25, 0.3) is 5.91 Å². The fourth-order valence-electron chi connectivity index (χ4n) is 3.18. The first kappa shape index (κ1) is 16.7. The molecule has 0 radical (unpaired) electrons. The largest absolute Gasteiger partial charge is 0.494 e. The number of methoxy groups -OCH3 is 1. The number of nitrogens with one attached hydrogen (secondary N) is 1. The van der Waals surface area contributed by atoms with Crippen LogP contribution in [0.4, 0.5) is 11.4 Å². The minimum atomic E-state index is -0.468. The maximum atomic E-state index is 12.3. The first-order valence-corrected chi connectivity index (χ1v) is 8.27. The topological polar surface area (TPSA) is 93.9 Å². The summed E-state index contributed by atoms with van der Waals surface area (Å²) in [6, 6.07) is 5.31. The molecule has 3 N–H and O–H groups in total. The lowest BCUT2D eigenvalue weighted by atomic mass is 10.2. The zero-order chi connectivity index (χ0) is 17.1. The van der Waals surface area contributed by atoms with Crippen LogP contribution < -0.4 is 20.7 Å². The zero-order valence-corrected chi connectivity index (χ0v) is 13.8. The summed E-state index contributed by atoms with van der Waals surface area (Å²) < 4.78 is 11.0. The molecule has 0 unspecified atom stereocenters. The molecular weight excluding hydrogens is 310 g/mol. The van der Waals surface area contributed by atoms with Gasteiger partial charge in [-0.2, -0.15) is 0 Å². The second-order valence-electron chi connectivity index (χ2n) is 6.08. The van der Waals surface area contributed by atoms with Crippen LogP contribution in [0.25, 0.3) is 0 Å². The van der Waals surface area contributed by atoms with Crippen molar-refractivity contribution in [1.82, 2.24) is 0 Å². The molecule has 2 fully saturated rings.